The molecule has 1 atom stereocenters. The molecule has 3 N–H and O–H groups in total. The third kappa shape index (κ3) is 5.47. The highest BCUT2D eigenvalue weighted by Crippen LogP contribution is 2.20. The average Bonchev–Trinajstić information content (AvgIpc) is 2.89. The van der Waals surface area contributed by atoms with E-state index in [-0.39, 0.29) is 18.9 Å². The molecule has 0 saturated heterocycles. The summed E-state index contributed by atoms with van der Waals surface area (Å²) in [5, 5.41) is 2.76. The zero-order valence-corrected chi connectivity index (χ0v) is 14.7. The lowest BCUT2D eigenvalue weighted by Gasteiger charge is -2.11. The fraction of sp³-hybridized carbons (Fsp3) is 0.333. The van der Waals surface area contributed by atoms with Crippen LogP contribution in [0.1, 0.15) is 27.3 Å². The van der Waals surface area contributed by atoms with E-state index in [1.54, 1.807) is 11.3 Å². The Labute approximate surface area is 145 Å². The van der Waals surface area contributed by atoms with Gasteiger partial charge in [0, 0.05) is 9.75 Å². The van der Waals surface area contributed by atoms with E-state index in [0.29, 0.717) is 6.54 Å². The van der Waals surface area contributed by atoms with Gasteiger partial charge in [0.05, 0.1) is 19.0 Å². The van der Waals surface area contributed by atoms with Crippen LogP contribution in [0.4, 0.5) is 0 Å². The van der Waals surface area contributed by atoms with Gasteiger partial charge in [0.2, 0.25) is 5.91 Å². The molecule has 2 aromatic rings. The average molecular weight is 346 g/mol. The van der Waals surface area contributed by atoms with Gasteiger partial charge in [-0.2, -0.15) is 0 Å². The number of hydrogen-bond acceptors (Lipinski definition) is 5. The number of esters is 1. The van der Waals surface area contributed by atoms with Crippen molar-refractivity contribution in [1.82, 2.24) is 5.32 Å². The first kappa shape index (κ1) is 18.2. The van der Waals surface area contributed by atoms with Crippen molar-refractivity contribution in [3.8, 4) is 0 Å². The number of amides is 1. The van der Waals surface area contributed by atoms with E-state index in [2.05, 4.69) is 5.32 Å². The van der Waals surface area contributed by atoms with Crippen LogP contribution in [0, 0.1) is 13.8 Å². The second-order valence-electron chi connectivity index (χ2n) is 5.63. The van der Waals surface area contributed by atoms with Crippen molar-refractivity contribution < 1.29 is 14.3 Å². The van der Waals surface area contributed by atoms with Gasteiger partial charge < -0.3 is 15.8 Å². The smallest absolute Gasteiger partial charge is 0.308 e. The van der Waals surface area contributed by atoms with Crippen molar-refractivity contribution in [2.75, 3.05) is 0 Å². The first-order valence-electron chi connectivity index (χ1n) is 7.74. The predicted octanol–water partition coefficient (Wildman–Crippen LogP) is 2.44. The van der Waals surface area contributed by atoms with E-state index < -0.39 is 12.0 Å². The predicted molar refractivity (Wildman–Crippen MR) is 94.5 cm³/mol. The largest absolute Gasteiger partial charge is 0.461 e. The highest BCUT2D eigenvalue weighted by molar-refractivity contribution is 7.12. The quantitative estimate of drug-likeness (QED) is 0.755. The number of hydrogen-bond donors (Lipinski definition) is 2. The number of nitrogens with two attached hydrogens (primary N) is 1. The van der Waals surface area contributed by atoms with Crippen LogP contribution in [-0.2, 0) is 27.5 Å². The fourth-order valence-corrected chi connectivity index (χ4v) is 3.10. The molecule has 1 aromatic carbocycles. The molecule has 0 bridgehead atoms. The molecule has 2 rings (SSSR count). The second-order valence-corrected chi connectivity index (χ2v) is 6.97. The van der Waals surface area contributed by atoms with Gasteiger partial charge in [-0.15, -0.1) is 11.3 Å². The fourth-order valence-electron chi connectivity index (χ4n) is 2.11. The summed E-state index contributed by atoms with van der Waals surface area (Å²) in [6.45, 7) is 4.68. The third-order valence-corrected chi connectivity index (χ3v) is 4.77. The minimum Gasteiger partial charge on any atom is -0.461 e. The van der Waals surface area contributed by atoms with Crippen LogP contribution in [0.2, 0.25) is 0 Å². The van der Waals surface area contributed by atoms with Crippen LogP contribution >= 0.6 is 11.3 Å². The Hall–Kier alpha value is -2.18. The molecule has 1 amide bonds. The SMILES string of the molecule is Cc1cc(CNC(=O)[C@@H](N)CC(=O)OCc2ccccc2)sc1C. The van der Waals surface area contributed by atoms with Gasteiger partial charge in [-0.1, -0.05) is 30.3 Å². The van der Waals surface area contributed by atoms with Crippen molar-refractivity contribution >= 4 is 23.2 Å². The zero-order chi connectivity index (χ0) is 17.5. The number of ether oxygens (including phenoxy) is 1. The molecular formula is C18H22N2O3S. The summed E-state index contributed by atoms with van der Waals surface area (Å²) >= 11 is 1.64. The van der Waals surface area contributed by atoms with E-state index in [0.717, 1.165) is 10.4 Å². The Morgan fingerprint density at radius 1 is 1.25 bits per heavy atom. The normalized spacial score (nSPS) is 11.8. The molecule has 24 heavy (non-hydrogen) atoms. The Morgan fingerprint density at radius 2 is 1.96 bits per heavy atom. The molecule has 0 unspecified atom stereocenters. The van der Waals surface area contributed by atoms with Gasteiger partial charge in [-0.3, -0.25) is 9.59 Å². The van der Waals surface area contributed by atoms with Crippen LogP contribution in [0.15, 0.2) is 36.4 Å². The number of benzene rings is 1. The molecule has 5 nitrogen and oxygen atoms in total. The molecule has 0 aliphatic rings. The number of carbonyl (C=O) groups is 2. The van der Waals surface area contributed by atoms with Crippen LogP contribution in [0.5, 0.6) is 0 Å². The van der Waals surface area contributed by atoms with Crippen LogP contribution in [0.25, 0.3) is 0 Å². The van der Waals surface area contributed by atoms with Crippen molar-refractivity contribution in [1.29, 1.82) is 0 Å². The number of thiophene rings is 1. The first-order chi connectivity index (χ1) is 11.5. The summed E-state index contributed by atoms with van der Waals surface area (Å²) in [6, 6.07) is 10.5. The minimum absolute atomic E-state index is 0.138. The van der Waals surface area contributed by atoms with Crippen LogP contribution < -0.4 is 11.1 Å². The molecule has 0 radical (unpaired) electrons. The highest BCUT2D eigenvalue weighted by atomic mass is 32.1. The number of rotatable bonds is 7. The number of aryl methyl sites for hydroxylation is 2. The van der Waals surface area contributed by atoms with E-state index in [1.807, 2.05) is 50.2 Å². The van der Waals surface area contributed by atoms with Crippen molar-refractivity contribution in [2.24, 2.45) is 5.73 Å². The third-order valence-electron chi connectivity index (χ3n) is 3.62. The molecule has 0 aliphatic carbocycles. The Morgan fingerprint density at radius 3 is 2.58 bits per heavy atom. The lowest BCUT2D eigenvalue weighted by atomic mass is 10.2. The van der Waals surface area contributed by atoms with Gasteiger partial charge in [0.15, 0.2) is 0 Å². The summed E-state index contributed by atoms with van der Waals surface area (Å²) in [7, 11) is 0. The van der Waals surface area contributed by atoms with Crippen molar-refractivity contribution in [2.45, 2.75) is 39.5 Å². The molecule has 1 heterocycles. The highest BCUT2D eigenvalue weighted by Gasteiger charge is 2.18. The Kier molecular flexibility index (Phi) is 6.52. The topological polar surface area (TPSA) is 81.4 Å². The van der Waals surface area contributed by atoms with E-state index >= 15 is 0 Å². The molecule has 0 spiro atoms. The Bertz CT molecular complexity index is 678. The van der Waals surface area contributed by atoms with Gasteiger partial charge in [-0.05, 0) is 31.0 Å². The van der Waals surface area contributed by atoms with Gasteiger partial charge in [0.25, 0.3) is 0 Å². The standard InChI is InChI=1S/C18H22N2O3S/c1-12-8-15(24-13(12)2)10-20-18(22)16(19)9-17(21)23-11-14-6-4-3-5-7-14/h3-8,16H,9-11,19H2,1-2H3,(H,20,22)/t16-/m0/s1. The number of nitrogens with one attached hydrogen (secondary N) is 1. The van der Waals surface area contributed by atoms with E-state index in [9.17, 15) is 9.59 Å². The van der Waals surface area contributed by atoms with Crippen LogP contribution in [0.3, 0.4) is 0 Å². The first-order valence-corrected chi connectivity index (χ1v) is 8.56. The monoisotopic (exact) mass is 346 g/mol. The summed E-state index contributed by atoms with van der Waals surface area (Å²) in [5.41, 5.74) is 7.88. The maximum atomic E-state index is 12.0. The molecule has 0 aliphatic heterocycles. The molecule has 128 valence electrons. The molecule has 0 saturated carbocycles. The minimum atomic E-state index is -0.907. The molecule has 0 fully saturated rings. The van der Waals surface area contributed by atoms with Crippen LogP contribution in [-0.4, -0.2) is 17.9 Å². The van der Waals surface area contributed by atoms with E-state index in [1.165, 1.54) is 10.4 Å². The van der Waals surface area contributed by atoms with Crippen molar-refractivity contribution in [3.63, 3.8) is 0 Å². The number of carbonyl (C=O) groups excluding carboxylic acids is 2. The lowest BCUT2D eigenvalue weighted by Crippen LogP contribution is -2.41. The van der Waals surface area contributed by atoms with Gasteiger partial charge in [0.1, 0.15) is 6.61 Å². The molecule has 1 aromatic heterocycles. The molecule has 6 heteroatoms. The molecular weight excluding hydrogens is 324 g/mol. The summed E-state index contributed by atoms with van der Waals surface area (Å²) in [6.07, 6.45) is -0.138. The summed E-state index contributed by atoms with van der Waals surface area (Å²) < 4.78 is 5.13. The lowest BCUT2D eigenvalue weighted by molar-refractivity contribution is -0.146. The summed E-state index contributed by atoms with van der Waals surface area (Å²) in [5.74, 6) is -0.834. The zero-order valence-electron chi connectivity index (χ0n) is 13.9. The second kappa shape index (κ2) is 8.61. The Balaban J connectivity index is 1.73. The maximum absolute atomic E-state index is 12.0. The maximum Gasteiger partial charge on any atom is 0.308 e. The van der Waals surface area contributed by atoms with Gasteiger partial charge in [-0.25, -0.2) is 0 Å². The van der Waals surface area contributed by atoms with E-state index in [4.69, 9.17) is 10.5 Å². The summed E-state index contributed by atoms with van der Waals surface area (Å²) in [4.78, 5) is 26.0. The van der Waals surface area contributed by atoms with Gasteiger partial charge >= 0.3 is 5.97 Å². The van der Waals surface area contributed by atoms with Crippen molar-refractivity contribution in [3.05, 3.63) is 57.3 Å².